The van der Waals surface area contributed by atoms with Gasteiger partial charge in [-0.3, -0.25) is 9.59 Å². The lowest BCUT2D eigenvalue weighted by Crippen LogP contribution is -2.22. The van der Waals surface area contributed by atoms with E-state index in [4.69, 9.17) is 9.47 Å². The summed E-state index contributed by atoms with van der Waals surface area (Å²) in [4.78, 5) is 28.2. The number of ketones is 1. The lowest BCUT2D eigenvalue weighted by atomic mass is 9.90. The SMILES string of the molecule is CCC(=O)c1ccc(OCC(=O)Nc2ncccc2OCC2CCCCC2)cc1. The van der Waals surface area contributed by atoms with Gasteiger partial charge in [0.2, 0.25) is 0 Å². The molecule has 1 amide bonds. The fourth-order valence-electron chi connectivity index (χ4n) is 3.42. The van der Waals surface area contributed by atoms with Crippen LogP contribution in [-0.4, -0.2) is 29.9 Å². The normalized spacial score (nSPS) is 14.2. The first-order valence-electron chi connectivity index (χ1n) is 10.3. The van der Waals surface area contributed by atoms with Gasteiger partial charge in [-0.1, -0.05) is 26.2 Å². The van der Waals surface area contributed by atoms with E-state index in [9.17, 15) is 9.59 Å². The van der Waals surface area contributed by atoms with Gasteiger partial charge in [-0.2, -0.15) is 0 Å². The molecule has 0 radical (unpaired) electrons. The highest BCUT2D eigenvalue weighted by molar-refractivity contribution is 5.96. The summed E-state index contributed by atoms with van der Waals surface area (Å²) in [5, 5.41) is 2.75. The number of nitrogens with zero attached hydrogens (tertiary/aromatic N) is 1. The van der Waals surface area contributed by atoms with Crippen LogP contribution in [0.4, 0.5) is 5.82 Å². The van der Waals surface area contributed by atoms with Crippen molar-refractivity contribution in [3.05, 3.63) is 48.2 Å². The molecule has 29 heavy (non-hydrogen) atoms. The number of carbonyl (C=O) groups is 2. The van der Waals surface area contributed by atoms with Crippen LogP contribution in [0.15, 0.2) is 42.6 Å². The number of nitrogens with one attached hydrogen (secondary N) is 1. The number of rotatable bonds is 9. The molecule has 1 aromatic carbocycles. The maximum atomic E-state index is 12.3. The van der Waals surface area contributed by atoms with Crippen LogP contribution in [0.5, 0.6) is 11.5 Å². The largest absolute Gasteiger partial charge is 0.489 e. The summed E-state index contributed by atoms with van der Waals surface area (Å²) in [5.74, 6) is 1.83. The smallest absolute Gasteiger partial charge is 0.263 e. The molecule has 0 bridgehead atoms. The third kappa shape index (κ3) is 6.31. The van der Waals surface area contributed by atoms with Gasteiger partial charge in [-0.15, -0.1) is 0 Å². The van der Waals surface area contributed by atoms with Gasteiger partial charge >= 0.3 is 0 Å². The summed E-state index contributed by atoms with van der Waals surface area (Å²) in [7, 11) is 0. The number of pyridine rings is 1. The van der Waals surface area contributed by atoms with Crippen LogP contribution in [0, 0.1) is 5.92 Å². The van der Waals surface area contributed by atoms with Gasteiger partial charge in [0, 0.05) is 18.2 Å². The van der Waals surface area contributed by atoms with E-state index in [1.165, 1.54) is 32.1 Å². The summed E-state index contributed by atoms with van der Waals surface area (Å²) >= 11 is 0. The van der Waals surface area contributed by atoms with Crippen molar-refractivity contribution in [1.29, 1.82) is 0 Å². The molecule has 6 heteroatoms. The first kappa shape index (κ1) is 20.8. The molecule has 1 heterocycles. The van der Waals surface area contributed by atoms with E-state index in [1.54, 1.807) is 36.5 Å². The van der Waals surface area contributed by atoms with Crippen molar-refractivity contribution in [3.8, 4) is 11.5 Å². The molecule has 0 spiro atoms. The van der Waals surface area contributed by atoms with E-state index >= 15 is 0 Å². The zero-order chi connectivity index (χ0) is 20.5. The zero-order valence-electron chi connectivity index (χ0n) is 16.9. The number of hydrogen-bond acceptors (Lipinski definition) is 5. The molecule has 1 aliphatic rings. The zero-order valence-corrected chi connectivity index (χ0v) is 16.9. The van der Waals surface area contributed by atoms with Crippen LogP contribution in [-0.2, 0) is 4.79 Å². The Bertz CT molecular complexity index is 814. The second kappa shape index (κ2) is 10.6. The number of benzene rings is 1. The molecular formula is C23H28N2O4. The van der Waals surface area contributed by atoms with Crippen LogP contribution in [0.1, 0.15) is 55.8 Å². The number of amides is 1. The average molecular weight is 396 g/mol. The number of aromatic nitrogens is 1. The van der Waals surface area contributed by atoms with Crippen molar-refractivity contribution in [2.45, 2.75) is 45.4 Å². The highest BCUT2D eigenvalue weighted by Gasteiger charge is 2.16. The van der Waals surface area contributed by atoms with Crippen molar-refractivity contribution in [2.24, 2.45) is 5.92 Å². The second-order valence-corrected chi connectivity index (χ2v) is 7.30. The molecule has 0 atom stereocenters. The Hall–Kier alpha value is -2.89. The summed E-state index contributed by atoms with van der Waals surface area (Å²) in [6.45, 7) is 2.31. The third-order valence-electron chi connectivity index (χ3n) is 5.10. The van der Waals surface area contributed by atoms with Gasteiger partial charge < -0.3 is 14.8 Å². The van der Waals surface area contributed by atoms with E-state index in [-0.39, 0.29) is 18.3 Å². The predicted octanol–water partition coefficient (Wildman–Crippen LogP) is 4.65. The maximum Gasteiger partial charge on any atom is 0.263 e. The van der Waals surface area contributed by atoms with Gasteiger partial charge in [0.25, 0.3) is 5.91 Å². The molecule has 0 saturated heterocycles. The van der Waals surface area contributed by atoms with E-state index in [1.807, 2.05) is 13.0 Å². The average Bonchev–Trinajstić information content (AvgIpc) is 2.77. The lowest BCUT2D eigenvalue weighted by molar-refractivity contribution is -0.118. The minimum atomic E-state index is -0.320. The number of Topliss-reactive ketones (excluding diaryl/α,β-unsaturated/α-hetero) is 1. The quantitative estimate of drug-likeness (QED) is 0.624. The van der Waals surface area contributed by atoms with E-state index < -0.39 is 0 Å². The molecular weight excluding hydrogens is 368 g/mol. The van der Waals surface area contributed by atoms with E-state index in [0.29, 0.717) is 41.8 Å². The van der Waals surface area contributed by atoms with Crippen LogP contribution in [0.25, 0.3) is 0 Å². The molecule has 1 aliphatic carbocycles. The summed E-state index contributed by atoms with van der Waals surface area (Å²) in [6, 6.07) is 10.4. The Kier molecular flexibility index (Phi) is 7.61. The summed E-state index contributed by atoms with van der Waals surface area (Å²) in [6.07, 6.45) is 8.29. The molecule has 1 saturated carbocycles. The van der Waals surface area contributed by atoms with Gasteiger partial charge in [-0.05, 0) is 55.2 Å². The Morgan fingerprint density at radius 2 is 1.83 bits per heavy atom. The molecule has 6 nitrogen and oxygen atoms in total. The fraction of sp³-hybridized carbons (Fsp3) is 0.435. The van der Waals surface area contributed by atoms with E-state index in [2.05, 4.69) is 10.3 Å². The first-order valence-corrected chi connectivity index (χ1v) is 10.3. The van der Waals surface area contributed by atoms with Crippen molar-refractivity contribution in [2.75, 3.05) is 18.5 Å². The third-order valence-corrected chi connectivity index (χ3v) is 5.10. The highest BCUT2D eigenvalue weighted by atomic mass is 16.5. The van der Waals surface area contributed by atoms with Crippen LogP contribution in [0.2, 0.25) is 0 Å². The predicted molar refractivity (Wildman–Crippen MR) is 111 cm³/mol. The van der Waals surface area contributed by atoms with Crippen molar-refractivity contribution in [1.82, 2.24) is 4.98 Å². The molecule has 1 N–H and O–H groups in total. The number of anilines is 1. The number of ether oxygens (including phenoxy) is 2. The van der Waals surface area contributed by atoms with Gasteiger partial charge in [0.05, 0.1) is 6.61 Å². The molecule has 154 valence electrons. The Morgan fingerprint density at radius 3 is 2.55 bits per heavy atom. The monoisotopic (exact) mass is 396 g/mol. The topological polar surface area (TPSA) is 77.5 Å². The number of carbonyl (C=O) groups excluding carboxylic acids is 2. The van der Waals surface area contributed by atoms with Crippen molar-refractivity contribution < 1.29 is 19.1 Å². The van der Waals surface area contributed by atoms with Crippen LogP contribution >= 0.6 is 0 Å². The molecule has 0 aliphatic heterocycles. The Balaban J connectivity index is 1.50. The molecule has 2 aromatic rings. The van der Waals surface area contributed by atoms with Crippen LogP contribution < -0.4 is 14.8 Å². The number of hydrogen-bond donors (Lipinski definition) is 1. The molecule has 1 fully saturated rings. The minimum absolute atomic E-state index is 0.0743. The standard InChI is InChI=1S/C23H28N2O4/c1-2-20(26)18-10-12-19(13-11-18)28-16-22(27)25-23-21(9-6-14-24-23)29-15-17-7-4-3-5-8-17/h6,9-14,17H,2-5,7-8,15-16H2,1H3,(H,24,25,27). The van der Waals surface area contributed by atoms with Gasteiger partial charge in [0.1, 0.15) is 5.75 Å². The second-order valence-electron chi connectivity index (χ2n) is 7.30. The molecule has 1 aromatic heterocycles. The Labute approximate surface area is 171 Å². The fourth-order valence-corrected chi connectivity index (χ4v) is 3.42. The highest BCUT2D eigenvalue weighted by Crippen LogP contribution is 2.27. The maximum absolute atomic E-state index is 12.3. The minimum Gasteiger partial charge on any atom is -0.489 e. The molecule has 0 unspecified atom stereocenters. The van der Waals surface area contributed by atoms with Crippen LogP contribution in [0.3, 0.4) is 0 Å². The summed E-state index contributed by atoms with van der Waals surface area (Å²) < 4.78 is 11.4. The van der Waals surface area contributed by atoms with Gasteiger partial charge in [-0.25, -0.2) is 4.98 Å². The van der Waals surface area contributed by atoms with Crippen molar-refractivity contribution in [3.63, 3.8) is 0 Å². The summed E-state index contributed by atoms with van der Waals surface area (Å²) in [5.41, 5.74) is 0.637. The van der Waals surface area contributed by atoms with Gasteiger partial charge in [0.15, 0.2) is 24.0 Å². The first-order chi connectivity index (χ1) is 14.2. The molecule has 3 rings (SSSR count). The Morgan fingerprint density at radius 1 is 1.07 bits per heavy atom. The van der Waals surface area contributed by atoms with Crippen molar-refractivity contribution >= 4 is 17.5 Å². The lowest BCUT2D eigenvalue weighted by Gasteiger charge is -2.22. The van der Waals surface area contributed by atoms with E-state index in [0.717, 1.165) is 0 Å².